The normalized spacial score (nSPS) is 16.8. The highest BCUT2D eigenvalue weighted by atomic mass is 16.5. The van der Waals surface area contributed by atoms with Gasteiger partial charge in [0.05, 0.1) is 5.92 Å². The third-order valence-corrected chi connectivity index (χ3v) is 3.42. The highest BCUT2D eigenvalue weighted by molar-refractivity contribution is 5.75. The lowest BCUT2D eigenvalue weighted by molar-refractivity contribution is -0.139. The summed E-state index contributed by atoms with van der Waals surface area (Å²) in [4.78, 5) is 12.1. The Balaban J connectivity index is 2.06. The van der Waals surface area contributed by atoms with Crippen molar-refractivity contribution in [1.29, 1.82) is 0 Å². The van der Waals surface area contributed by atoms with E-state index in [1.54, 1.807) is 0 Å². The van der Waals surface area contributed by atoms with Gasteiger partial charge in [-0.1, -0.05) is 32.0 Å². The average molecular weight is 247 g/mol. The first-order chi connectivity index (χ1) is 8.68. The molecule has 1 aromatic rings. The number of nitrogens with one attached hydrogen (secondary N) is 1. The molecule has 0 atom stereocenters. The molecule has 0 spiro atoms. The van der Waals surface area contributed by atoms with Crippen LogP contribution in [0.3, 0.4) is 0 Å². The third-order valence-electron chi connectivity index (χ3n) is 3.42. The van der Waals surface area contributed by atoms with Crippen molar-refractivity contribution in [3.8, 4) is 5.75 Å². The molecular formula is C15H21NO2. The molecule has 1 aliphatic heterocycles. The van der Waals surface area contributed by atoms with E-state index in [0.29, 0.717) is 5.92 Å². The molecule has 3 nitrogen and oxygen atoms in total. The Kier molecular flexibility index (Phi) is 4.37. The van der Waals surface area contributed by atoms with Gasteiger partial charge in [-0.15, -0.1) is 0 Å². The molecule has 2 rings (SSSR count). The van der Waals surface area contributed by atoms with Gasteiger partial charge in [-0.2, -0.15) is 0 Å². The molecule has 98 valence electrons. The predicted molar refractivity (Wildman–Crippen MR) is 71.8 cm³/mol. The van der Waals surface area contributed by atoms with Crippen LogP contribution in [-0.4, -0.2) is 19.1 Å². The Labute approximate surface area is 109 Å². The number of piperidine rings is 1. The quantitative estimate of drug-likeness (QED) is 0.659. The topological polar surface area (TPSA) is 38.3 Å². The van der Waals surface area contributed by atoms with Crippen molar-refractivity contribution in [2.45, 2.75) is 32.6 Å². The summed E-state index contributed by atoms with van der Waals surface area (Å²) in [7, 11) is 0. The highest BCUT2D eigenvalue weighted by Crippen LogP contribution is 2.27. The van der Waals surface area contributed by atoms with Gasteiger partial charge < -0.3 is 10.1 Å². The van der Waals surface area contributed by atoms with E-state index in [2.05, 4.69) is 19.2 Å². The van der Waals surface area contributed by atoms with Crippen LogP contribution in [0, 0.1) is 5.92 Å². The monoisotopic (exact) mass is 247 g/mol. The standard InChI is InChI=1S/C15H21NO2/c1-11(2)13-5-3-4-6-14(13)18-15(17)12-7-9-16-10-8-12/h3-6,11-12,16H,7-10H2,1-2H3. The molecule has 1 aromatic carbocycles. The molecule has 0 saturated carbocycles. The number of ether oxygens (including phenoxy) is 1. The van der Waals surface area contributed by atoms with E-state index in [9.17, 15) is 4.79 Å². The Bertz CT molecular complexity index is 409. The number of benzene rings is 1. The lowest BCUT2D eigenvalue weighted by Gasteiger charge is -2.22. The first-order valence-electron chi connectivity index (χ1n) is 6.70. The SMILES string of the molecule is CC(C)c1ccccc1OC(=O)C1CCNCC1. The minimum Gasteiger partial charge on any atom is -0.426 e. The number of hydrogen-bond donors (Lipinski definition) is 1. The van der Waals surface area contributed by atoms with Gasteiger partial charge in [-0.05, 0) is 43.5 Å². The van der Waals surface area contributed by atoms with Crippen molar-refractivity contribution in [2.24, 2.45) is 5.92 Å². The number of carbonyl (C=O) groups excluding carboxylic acids is 1. The van der Waals surface area contributed by atoms with Crippen LogP contribution in [-0.2, 0) is 4.79 Å². The van der Waals surface area contributed by atoms with E-state index < -0.39 is 0 Å². The molecule has 0 aromatic heterocycles. The van der Waals surface area contributed by atoms with Gasteiger partial charge in [0.1, 0.15) is 5.75 Å². The number of rotatable bonds is 3. The number of para-hydroxylation sites is 1. The van der Waals surface area contributed by atoms with E-state index in [-0.39, 0.29) is 11.9 Å². The molecule has 1 aliphatic rings. The Morgan fingerprint density at radius 1 is 1.28 bits per heavy atom. The first-order valence-corrected chi connectivity index (χ1v) is 6.70. The van der Waals surface area contributed by atoms with E-state index in [0.717, 1.165) is 37.2 Å². The second-order valence-corrected chi connectivity index (χ2v) is 5.14. The van der Waals surface area contributed by atoms with Crippen molar-refractivity contribution in [1.82, 2.24) is 5.32 Å². The molecule has 0 bridgehead atoms. The van der Waals surface area contributed by atoms with E-state index >= 15 is 0 Å². The number of carbonyl (C=O) groups is 1. The largest absolute Gasteiger partial charge is 0.426 e. The average Bonchev–Trinajstić information content (AvgIpc) is 2.40. The summed E-state index contributed by atoms with van der Waals surface area (Å²) in [5, 5.41) is 3.26. The van der Waals surface area contributed by atoms with Gasteiger partial charge in [-0.3, -0.25) is 4.79 Å². The molecule has 0 radical (unpaired) electrons. The van der Waals surface area contributed by atoms with Crippen LogP contribution >= 0.6 is 0 Å². The third kappa shape index (κ3) is 3.10. The van der Waals surface area contributed by atoms with Gasteiger partial charge >= 0.3 is 5.97 Å². The summed E-state index contributed by atoms with van der Waals surface area (Å²) in [5.74, 6) is 1.05. The van der Waals surface area contributed by atoms with Gasteiger partial charge in [0.25, 0.3) is 0 Å². The lowest BCUT2D eigenvalue weighted by atomic mass is 9.98. The summed E-state index contributed by atoms with van der Waals surface area (Å²) < 4.78 is 5.58. The second kappa shape index (κ2) is 6.01. The van der Waals surface area contributed by atoms with Crippen LogP contribution in [0.2, 0.25) is 0 Å². The van der Waals surface area contributed by atoms with Crippen LogP contribution < -0.4 is 10.1 Å². The fourth-order valence-corrected chi connectivity index (χ4v) is 2.30. The van der Waals surface area contributed by atoms with Crippen LogP contribution in [0.15, 0.2) is 24.3 Å². The van der Waals surface area contributed by atoms with Crippen LogP contribution in [0.4, 0.5) is 0 Å². The zero-order chi connectivity index (χ0) is 13.0. The van der Waals surface area contributed by atoms with Crippen molar-refractivity contribution in [3.05, 3.63) is 29.8 Å². The molecule has 3 heteroatoms. The van der Waals surface area contributed by atoms with Crippen molar-refractivity contribution in [2.75, 3.05) is 13.1 Å². The minimum atomic E-state index is -0.0791. The van der Waals surface area contributed by atoms with E-state index in [1.165, 1.54) is 0 Å². The summed E-state index contributed by atoms with van der Waals surface area (Å²) in [6.07, 6.45) is 1.76. The minimum absolute atomic E-state index is 0.0477. The summed E-state index contributed by atoms with van der Waals surface area (Å²) >= 11 is 0. The van der Waals surface area contributed by atoms with Gasteiger partial charge in [-0.25, -0.2) is 0 Å². The molecule has 0 unspecified atom stereocenters. The molecule has 1 fully saturated rings. The second-order valence-electron chi connectivity index (χ2n) is 5.14. The van der Waals surface area contributed by atoms with Crippen LogP contribution in [0.1, 0.15) is 38.2 Å². The van der Waals surface area contributed by atoms with Gasteiger partial charge in [0.2, 0.25) is 0 Å². The maximum Gasteiger partial charge on any atom is 0.314 e. The summed E-state index contributed by atoms with van der Waals surface area (Å²) in [5.41, 5.74) is 1.10. The van der Waals surface area contributed by atoms with Crippen molar-refractivity contribution < 1.29 is 9.53 Å². The fourth-order valence-electron chi connectivity index (χ4n) is 2.30. The summed E-state index contributed by atoms with van der Waals surface area (Å²) in [6, 6.07) is 7.80. The molecule has 0 amide bonds. The Hall–Kier alpha value is -1.35. The van der Waals surface area contributed by atoms with Crippen LogP contribution in [0.5, 0.6) is 5.75 Å². The number of hydrogen-bond acceptors (Lipinski definition) is 3. The van der Waals surface area contributed by atoms with Gasteiger partial charge in [0.15, 0.2) is 0 Å². The predicted octanol–water partition coefficient (Wildman–Crippen LogP) is 2.71. The number of esters is 1. The van der Waals surface area contributed by atoms with Crippen molar-refractivity contribution >= 4 is 5.97 Å². The molecule has 18 heavy (non-hydrogen) atoms. The highest BCUT2D eigenvalue weighted by Gasteiger charge is 2.23. The molecule has 1 saturated heterocycles. The maximum absolute atomic E-state index is 12.1. The van der Waals surface area contributed by atoms with E-state index in [4.69, 9.17) is 4.74 Å². The van der Waals surface area contributed by atoms with E-state index in [1.807, 2.05) is 24.3 Å². The van der Waals surface area contributed by atoms with Gasteiger partial charge in [0, 0.05) is 0 Å². The molecule has 1 N–H and O–H groups in total. The lowest BCUT2D eigenvalue weighted by Crippen LogP contribution is -2.33. The zero-order valence-corrected chi connectivity index (χ0v) is 11.1. The Morgan fingerprint density at radius 3 is 2.61 bits per heavy atom. The zero-order valence-electron chi connectivity index (χ0n) is 11.1. The first kappa shape index (κ1) is 13.1. The Morgan fingerprint density at radius 2 is 1.94 bits per heavy atom. The smallest absolute Gasteiger partial charge is 0.314 e. The van der Waals surface area contributed by atoms with Crippen LogP contribution in [0.25, 0.3) is 0 Å². The molecule has 1 heterocycles. The summed E-state index contributed by atoms with van der Waals surface area (Å²) in [6.45, 7) is 6.03. The van der Waals surface area contributed by atoms with Crippen molar-refractivity contribution in [3.63, 3.8) is 0 Å². The molecule has 0 aliphatic carbocycles. The maximum atomic E-state index is 12.1. The fraction of sp³-hybridized carbons (Fsp3) is 0.533. The molecular weight excluding hydrogens is 226 g/mol.